The molecule has 0 saturated heterocycles. The Hall–Kier alpha value is -0.610. The van der Waals surface area contributed by atoms with Crippen LogP contribution in [0.25, 0.3) is 0 Å². The molecule has 4 nitrogen and oxygen atoms in total. The van der Waals surface area contributed by atoms with Gasteiger partial charge in [-0.1, -0.05) is 6.92 Å². The minimum atomic E-state index is -0.796. The van der Waals surface area contributed by atoms with Crippen LogP contribution in [0.3, 0.4) is 0 Å². The lowest BCUT2D eigenvalue weighted by atomic mass is 9.79. The molecule has 0 aromatic rings. The largest absolute Gasteiger partial charge is 0.481 e. The number of carboxylic acid groups (broad SMARTS) is 1. The molecule has 0 radical (unpaired) electrons. The van der Waals surface area contributed by atoms with E-state index in [0.29, 0.717) is 13.0 Å². The molecule has 0 amide bonds. The van der Waals surface area contributed by atoms with Crippen molar-refractivity contribution in [2.45, 2.75) is 92.0 Å². The number of carboxylic acids is 1. The fourth-order valence-electron chi connectivity index (χ4n) is 2.50. The predicted octanol–water partition coefficient (Wildman–Crippen LogP) is 4.27. The number of hydrogen-bond acceptors (Lipinski definition) is 3. The fraction of sp³-hybridized carbons (Fsp3) is 0.941. The topological polar surface area (TPSA) is 55.8 Å². The molecule has 0 heterocycles. The first-order valence-electron chi connectivity index (χ1n) is 7.89. The monoisotopic (exact) mass is 302 g/mol. The summed E-state index contributed by atoms with van der Waals surface area (Å²) in [6.07, 6.45) is 2.26. The van der Waals surface area contributed by atoms with Crippen molar-refractivity contribution >= 4 is 5.97 Å². The maximum absolute atomic E-state index is 11.4. The van der Waals surface area contributed by atoms with E-state index < -0.39 is 17.0 Å². The quantitative estimate of drug-likeness (QED) is 0.655. The summed E-state index contributed by atoms with van der Waals surface area (Å²) < 4.78 is 11.9. The normalized spacial score (nSPS) is 16.0. The van der Waals surface area contributed by atoms with Crippen LogP contribution in [0.15, 0.2) is 0 Å². The van der Waals surface area contributed by atoms with Gasteiger partial charge in [0.25, 0.3) is 0 Å². The molecule has 1 atom stereocenters. The molecule has 0 rings (SSSR count). The van der Waals surface area contributed by atoms with Crippen LogP contribution < -0.4 is 0 Å². The summed E-state index contributed by atoms with van der Waals surface area (Å²) in [5.74, 6) is -0.785. The Morgan fingerprint density at radius 2 is 1.67 bits per heavy atom. The second kappa shape index (κ2) is 7.59. The third kappa shape index (κ3) is 7.82. The summed E-state index contributed by atoms with van der Waals surface area (Å²) in [4.78, 5) is 11.4. The van der Waals surface area contributed by atoms with Gasteiger partial charge in [0, 0.05) is 6.61 Å². The van der Waals surface area contributed by atoms with E-state index in [4.69, 9.17) is 9.47 Å². The van der Waals surface area contributed by atoms with Gasteiger partial charge in [0.15, 0.2) is 0 Å². The lowest BCUT2D eigenvalue weighted by Gasteiger charge is -2.41. The Labute approximate surface area is 130 Å². The van der Waals surface area contributed by atoms with Gasteiger partial charge in [0.05, 0.1) is 22.7 Å². The van der Waals surface area contributed by atoms with Gasteiger partial charge in [0.1, 0.15) is 0 Å². The molecule has 0 bridgehead atoms. The number of aliphatic carboxylic acids is 1. The molecule has 1 N–H and O–H groups in total. The number of carbonyl (C=O) groups is 1. The second-order valence-corrected chi connectivity index (χ2v) is 7.70. The zero-order valence-corrected chi connectivity index (χ0v) is 15.1. The molecule has 0 fully saturated rings. The van der Waals surface area contributed by atoms with Crippen LogP contribution in [-0.4, -0.2) is 35.0 Å². The van der Waals surface area contributed by atoms with E-state index in [0.717, 1.165) is 12.8 Å². The Kier molecular flexibility index (Phi) is 7.37. The molecule has 0 aromatic carbocycles. The molecule has 0 aliphatic rings. The Balaban J connectivity index is 4.75. The molecular formula is C17H34O4. The van der Waals surface area contributed by atoms with Crippen LogP contribution >= 0.6 is 0 Å². The highest BCUT2D eigenvalue weighted by molar-refractivity contribution is 5.73. The van der Waals surface area contributed by atoms with Crippen LogP contribution in [-0.2, 0) is 14.3 Å². The summed E-state index contributed by atoms with van der Waals surface area (Å²) in [5.41, 5.74) is -1.59. The summed E-state index contributed by atoms with van der Waals surface area (Å²) in [6.45, 7) is 16.3. The van der Waals surface area contributed by atoms with Crippen molar-refractivity contribution in [3.63, 3.8) is 0 Å². The summed E-state index contributed by atoms with van der Waals surface area (Å²) >= 11 is 0. The minimum Gasteiger partial charge on any atom is -0.481 e. The van der Waals surface area contributed by atoms with Gasteiger partial charge in [-0.15, -0.1) is 0 Å². The van der Waals surface area contributed by atoms with Crippen molar-refractivity contribution in [2.75, 3.05) is 6.61 Å². The zero-order valence-electron chi connectivity index (χ0n) is 15.1. The van der Waals surface area contributed by atoms with Gasteiger partial charge in [-0.05, 0) is 67.7 Å². The first-order valence-corrected chi connectivity index (χ1v) is 7.89. The van der Waals surface area contributed by atoms with Gasteiger partial charge < -0.3 is 14.6 Å². The smallest absolute Gasteiger partial charge is 0.309 e. The molecule has 0 aliphatic carbocycles. The number of ether oxygens (including phenoxy) is 2. The van der Waals surface area contributed by atoms with Gasteiger partial charge in [0.2, 0.25) is 0 Å². The van der Waals surface area contributed by atoms with Crippen LogP contribution in [0.5, 0.6) is 0 Å². The third-order valence-electron chi connectivity index (χ3n) is 3.82. The van der Waals surface area contributed by atoms with Crippen LogP contribution in [0.2, 0.25) is 0 Å². The van der Waals surface area contributed by atoms with Crippen molar-refractivity contribution in [3.8, 4) is 0 Å². The SMILES string of the molecule is CCC(C)(CC(C)(C)C(=O)O)OC(C)(C)CCOC(C)C. The van der Waals surface area contributed by atoms with Crippen molar-refractivity contribution in [1.82, 2.24) is 0 Å². The van der Waals surface area contributed by atoms with E-state index in [1.54, 1.807) is 13.8 Å². The average molecular weight is 302 g/mol. The minimum absolute atomic E-state index is 0.212. The Morgan fingerprint density at radius 1 is 1.14 bits per heavy atom. The summed E-state index contributed by atoms with van der Waals surface area (Å²) in [6, 6.07) is 0. The predicted molar refractivity (Wildman–Crippen MR) is 85.6 cm³/mol. The fourth-order valence-corrected chi connectivity index (χ4v) is 2.50. The lowest BCUT2D eigenvalue weighted by Crippen LogP contribution is -2.44. The summed E-state index contributed by atoms with van der Waals surface area (Å²) in [5, 5.41) is 9.33. The Bertz CT molecular complexity index is 334. The van der Waals surface area contributed by atoms with Gasteiger partial charge >= 0.3 is 5.97 Å². The van der Waals surface area contributed by atoms with E-state index in [-0.39, 0.29) is 11.7 Å². The Morgan fingerprint density at radius 3 is 2.05 bits per heavy atom. The molecule has 0 spiro atoms. The van der Waals surface area contributed by atoms with Crippen molar-refractivity contribution < 1.29 is 19.4 Å². The highest BCUT2D eigenvalue weighted by atomic mass is 16.5. The number of rotatable bonds is 10. The maximum atomic E-state index is 11.4. The first kappa shape index (κ1) is 20.4. The molecule has 1 unspecified atom stereocenters. The zero-order chi connectivity index (χ0) is 16.9. The average Bonchev–Trinajstić information content (AvgIpc) is 2.26. The second-order valence-electron chi connectivity index (χ2n) is 7.70. The van der Waals surface area contributed by atoms with Gasteiger partial charge in [-0.3, -0.25) is 4.79 Å². The van der Waals surface area contributed by atoms with Gasteiger partial charge in [-0.2, -0.15) is 0 Å². The van der Waals surface area contributed by atoms with E-state index in [1.165, 1.54) is 0 Å². The summed E-state index contributed by atoms with van der Waals surface area (Å²) in [7, 11) is 0. The lowest BCUT2D eigenvalue weighted by molar-refractivity contribution is -0.171. The third-order valence-corrected chi connectivity index (χ3v) is 3.82. The van der Waals surface area contributed by atoms with E-state index in [1.807, 2.05) is 41.5 Å². The van der Waals surface area contributed by atoms with E-state index in [9.17, 15) is 9.90 Å². The molecule has 0 saturated carbocycles. The van der Waals surface area contributed by atoms with Gasteiger partial charge in [-0.25, -0.2) is 0 Å². The molecule has 0 aromatic heterocycles. The first-order chi connectivity index (χ1) is 9.33. The highest BCUT2D eigenvalue weighted by Crippen LogP contribution is 2.36. The van der Waals surface area contributed by atoms with E-state index in [2.05, 4.69) is 0 Å². The number of hydrogen-bond donors (Lipinski definition) is 1. The molecule has 21 heavy (non-hydrogen) atoms. The molecule has 126 valence electrons. The van der Waals surface area contributed by atoms with Crippen LogP contribution in [0.1, 0.15) is 74.7 Å². The van der Waals surface area contributed by atoms with Crippen molar-refractivity contribution in [3.05, 3.63) is 0 Å². The van der Waals surface area contributed by atoms with E-state index >= 15 is 0 Å². The molecule has 0 aliphatic heterocycles. The molecular weight excluding hydrogens is 268 g/mol. The highest BCUT2D eigenvalue weighted by Gasteiger charge is 2.40. The van der Waals surface area contributed by atoms with Crippen LogP contribution in [0.4, 0.5) is 0 Å². The van der Waals surface area contributed by atoms with Crippen LogP contribution in [0, 0.1) is 5.41 Å². The molecule has 4 heteroatoms. The maximum Gasteiger partial charge on any atom is 0.309 e. The van der Waals surface area contributed by atoms with Crippen molar-refractivity contribution in [2.24, 2.45) is 5.41 Å². The van der Waals surface area contributed by atoms with Crippen molar-refractivity contribution in [1.29, 1.82) is 0 Å². The standard InChI is InChI=1S/C17H34O4/c1-9-17(8,12-15(4,5)14(18)19)21-16(6,7)10-11-20-13(2)3/h13H,9-12H2,1-8H3,(H,18,19).